The van der Waals surface area contributed by atoms with E-state index in [4.69, 9.17) is 15.1 Å². The molecular formula is C17H11F4NO3. The number of ether oxygens (including phenoxy) is 1. The molecule has 0 radical (unpaired) electrons. The Morgan fingerprint density at radius 2 is 1.88 bits per heavy atom. The molecule has 8 heteroatoms. The van der Waals surface area contributed by atoms with Crippen molar-refractivity contribution in [3.63, 3.8) is 0 Å². The van der Waals surface area contributed by atoms with E-state index in [1.807, 2.05) is 0 Å². The Morgan fingerprint density at radius 1 is 1.20 bits per heavy atom. The molecule has 0 amide bonds. The van der Waals surface area contributed by atoms with E-state index in [0.717, 1.165) is 6.07 Å². The lowest BCUT2D eigenvalue weighted by molar-refractivity contribution is -0.144. The van der Waals surface area contributed by atoms with Crippen LogP contribution in [0.2, 0.25) is 0 Å². The van der Waals surface area contributed by atoms with E-state index in [9.17, 15) is 22.4 Å². The van der Waals surface area contributed by atoms with Gasteiger partial charge >= 0.3 is 12.1 Å². The summed E-state index contributed by atoms with van der Waals surface area (Å²) in [7, 11) is 0. The predicted molar refractivity (Wildman–Crippen MR) is 79.3 cm³/mol. The molecule has 2 aromatic rings. The fourth-order valence-electron chi connectivity index (χ4n) is 2.06. The van der Waals surface area contributed by atoms with E-state index >= 15 is 0 Å². The number of hydrogen-bond donors (Lipinski definition) is 1. The number of carboxylic acid groups (broad SMARTS) is 1. The van der Waals surface area contributed by atoms with Crippen LogP contribution in [0.4, 0.5) is 17.6 Å². The Balaban J connectivity index is 2.64. The van der Waals surface area contributed by atoms with Crippen molar-refractivity contribution in [1.82, 2.24) is 0 Å². The molecule has 0 bridgehead atoms. The minimum atomic E-state index is -4.69. The first-order valence-corrected chi connectivity index (χ1v) is 6.94. The molecule has 0 aliphatic rings. The first-order chi connectivity index (χ1) is 11.6. The summed E-state index contributed by atoms with van der Waals surface area (Å²) in [4.78, 5) is 10.9. The lowest BCUT2D eigenvalue weighted by Crippen LogP contribution is -2.23. The standard InChI is InChI=1S/C17H11F4NO3/c1-9(16(23)24)25-15-5-2-10(8-22)6-13(15)12-7-11(17(19,20)21)3-4-14(12)18/h2-7,9H,1H3,(H,23,24)/t9-/m0/s1. The number of carbonyl (C=O) groups is 1. The highest BCUT2D eigenvalue weighted by Crippen LogP contribution is 2.37. The molecule has 0 unspecified atom stereocenters. The molecule has 0 saturated heterocycles. The molecule has 2 aromatic carbocycles. The molecule has 0 aromatic heterocycles. The minimum absolute atomic E-state index is 0.0575. The van der Waals surface area contributed by atoms with Crippen molar-refractivity contribution in [2.45, 2.75) is 19.2 Å². The van der Waals surface area contributed by atoms with Crippen LogP contribution in [0.15, 0.2) is 36.4 Å². The fourth-order valence-corrected chi connectivity index (χ4v) is 2.06. The van der Waals surface area contributed by atoms with Gasteiger partial charge in [-0.25, -0.2) is 9.18 Å². The van der Waals surface area contributed by atoms with E-state index in [1.165, 1.54) is 19.1 Å². The highest BCUT2D eigenvalue weighted by molar-refractivity contribution is 5.76. The van der Waals surface area contributed by atoms with Crippen molar-refractivity contribution >= 4 is 5.97 Å². The number of nitriles is 1. The number of carboxylic acids is 1. The zero-order valence-electron chi connectivity index (χ0n) is 12.8. The predicted octanol–water partition coefficient (Wildman–Crippen LogP) is 4.24. The van der Waals surface area contributed by atoms with Gasteiger partial charge in [-0.2, -0.15) is 18.4 Å². The van der Waals surface area contributed by atoms with Crippen LogP contribution in [0.25, 0.3) is 11.1 Å². The van der Waals surface area contributed by atoms with Crippen LogP contribution in [-0.2, 0) is 11.0 Å². The Morgan fingerprint density at radius 3 is 2.44 bits per heavy atom. The molecule has 2 rings (SSSR count). The summed E-state index contributed by atoms with van der Waals surface area (Å²) in [5.41, 5.74) is -1.61. The lowest BCUT2D eigenvalue weighted by atomic mass is 9.99. The largest absolute Gasteiger partial charge is 0.479 e. The maximum Gasteiger partial charge on any atom is 0.416 e. The Kier molecular flexibility index (Phi) is 4.97. The van der Waals surface area contributed by atoms with Crippen molar-refractivity contribution in [3.05, 3.63) is 53.3 Å². The van der Waals surface area contributed by atoms with E-state index in [0.29, 0.717) is 18.2 Å². The van der Waals surface area contributed by atoms with Crippen molar-refractivity contribution in [1.29, 1.82) is 5.26 Å². The highest BCUT2D eigenvalue weighted by Gasteiger charge is 2.31. The maximum atomic E-state index is 14.1. The smallest absolute Gasteiger partial charge is 0.416 e. The summed E-state index contributed by atoms with van der Waals surface area (Å²) in [5, 5.41) is 17.9. The number of nitrogens with zero attached hydrogens (tertiary/aromatic N) is 1. The van der Waals surface area contributed by atoms with Gasteiger partial charge in [0, 0.05) is 11.1 Å². The van der Waals surface area contributed by atoms with E-state index in [-0.39, 0.29) is 16.9 Å². The first-order valence-electron chi connectivity index (χ1n) is 6.94. The monoisotopic (exact) mass is 353 g/mol. The van der Waals surface area contributed by atoms with E-state index in [2.05, 4.69) is 0 Å². The second kappa shape index (κ2) is 6.81. The molecule has 0 fully saturated rings. The zero-order valence-corrected chi connectivity index (χ0v) is 12.8. The zero-order chi connectivity index (χ0) is 18.8. The van der Waals surface area contributed by atoms with Gasteiger partial charge in [-0.3, -0.25) is 0 Å². The quantitative estimate of drug-likeness (QED) is 0.835. The van der Waals surface area contributed by atoms with Gasteiger partial charge in [-0.1, -0.05) is 0 Å². The summed E-state index contributed by atoms with van der Waals surface area (Å²) < 4.78 is 58.0. The van der Waals surface area contributed by atoms with Gasteiger partial charge in [0.05, 0.1) is 17.2 Å². The number of benzene rings is 2. The van der Waals surface area contributed by atoms with Crippen LogP contribution < -0.4 is 4.74 Å². The van der Waals surface area contributed by atoms with Crippen LogP contribution in [0.3, 0.4) is 0 Å². The molecule has 0 aliphatic carbocycles. The third-order valence-electron chi connectivity index (χ3n) is 3.34. The van der Waals surface area contributed by atoms with Gasteiger partial charge in [0.15, 0.2) is 6.10 Å². The van der Waals surface area contributed by atoms with Crippen molar-refractivity contribution in [2.24, 2.45) is 0 Å². The van der Waals surface area contributed by atoms with E-state index in [1.54, 1.807) is 6.07 Å². The second-order valence-corrected chi connectivity index (χ2v) is 5.11. The summed E-state index contributed by atoms with van der Waals surface area (Å²) >= 11 is 0. The molecule has 0 saturated carbocycles. The number of rotatable bonds is 4. The van der Waals surface area contributed by atoms with Crippen LogP contribution in [0, 0.1) is 17.1 Å². The van der Waals surface area contributed by atoms with Crippen LogP contribution in [-0.4, -0.2) is 17.2 Å². The normalized spacial score (nSPS) is 12.3. The number of aliphatic carboxylic acids is 1. The van der Waals surface area contributed by atoms with Gasteiger partial charge in [0.25, 0.3) is 0 Å². The minimum Gasteiger partial charge on any atom is -0.479 e. The van der Waals surface area contributed by atoms with Gasteiger partial charge in [-0.15, -0.1) is 0 Å². The molecule has 0 spiro atoms. The van der Waals surface area contributed by atoms with Gasteiger partial charge in [0.2, 0.25) is 0 Å². The van der Waals surface area contributed by atoms with Crippen LogP contribution in [0.5, 0.6) is 5.75 Å². The molecule has 0 aliphatic heterocycles. The molecule has 0 heterocycles. The van der Waals surface area contributed by atoms with Crippen LogP contribution in [0.1, 0.15) is 18.1 Å². The average Bonchev–Trinajstić information content (AvgIpc) is 2.54. The summed E-state index contributed by atoms with van der Waals surface area (Å²) in [6, 6.07) is 7.27. The van der Waals surface area contributed by atoms with Crippen molar-refractivity contribution in [2.75, 3.05) is 0 Å². The van der Waals surface area contributed by atoms with Crippen molar-refractivity contribution < 1.29 is 32.2 Å². The van der Waals surface area contributed by atoms with Crippen molar-refractivity contribution in [3.8, 4) is 22.9 Å². The Labute approximate surface area is 139 Å². The van der Waals surface area contributed by atoms with Gasteiger partial charge in [0.1, 0.15) is 11.6 Å². The Hall–Kier alpha value is -3.08. The maximum absolute atomic E-state index is 14.1. The molecule has 130 valence electrons. The molecule has 4 nitrogen and oxygen atoms in total. The second-order valence-electron chi connectivity index (χ2n) is 5.11. The fraction of sp³-hybridized carbons (Fsp3) is 0.176. The molecular weight excluding hydrogens is 342 g/mol. The number of alkyl halides is 3. The summed E-state index contributed by atoms with van der Waals surface area (Å²) in [6.45, 7) is 1.22. The summed E-state index contributed by atoms with van der Waals surface area (Å²) in [6.07, 6.45) is -6.01. The highest BCUT2D eigenvalue weighted by atomic mass is 19.4. The number of hydrogen-bond acceptors (Lipinski definition) is 3. The average molecular weight is 353 g/mol. The summed E-state index contributed by atoms with van der Waals surface area (Å²) in [5.74, 6) is -2.41. The van der Waals surface area contributed by atoms with Gasteiger partial charge in [-0.05, 0) is 43.3 Å². The Bertz CT molecular complexity index is 856. The first kappa shape index (κ1) is 18.3. The number of halogens is 4. The SMILES string of the molecule is C[C@H](Oc1ccc(C#N)cc1-c1cc(C(F)(F)F)ccc1F)C(=O)O. The van der Waals surface area contributed by atoms with E-state index < -0.39 is 35.2 Å². The third kappa shape index (κ3) is 4.07. The lowest BCUT2D eigenvalue weighted by Gasteiger charge is -2.16. The third-order valence-corrected chi connectivity index (χ3v) is 3.34. The van der Waals surface area contributed by atoms with Crippen LogP contribution >= 0.6 is 0 Å². The van der Waals surface area contributed by atoms with Gasteiger partial charge < -0.3 is 9.84 Å². The molecule has 1 atom stereocenters. The molecule has 25 heavy (non-hydrogen) atoms. The topological polar surface area (TPSA) is 70.3 Å². The molecule has 1 N–H and O–H groups in total.